The molecule has 0 saturated carbocycles. The van der Waals surface area contributed by atoms with Crippen molar-refractivity contribution >= 4 is 11.9 Å². The average molecular weight is 428 g/mol. The second-order valence-corrected chi connectivity index (χ2v) is 8.71. The van der Waals surface area contributed by atoms with Gasteiger partial charge in [0.2, 0.25) is 0 Å². The molecule has 1 aromatic heterocycles. The Morgan fingerprint density at radius 2 is 1.97 bits per heavy atom. The fraction of sp³-hybridized carbons (Fsp3) is 0.542. The summed E-state index contributed by atoms with van der Waals surface area (Å²) in [4.78, 5) is 25.2. The van der Waals surface area contributed by atoms with Gasteiger partial charge in [0.25, 0.3) is 5.91 Å². The molecule has 0 spiro atoms. The first-order chi connectivity index (χ1) is 14.9. The Kier molecular flexibility index (Phi) is 7.85. The molecular weight excluding hydrogens is 394 g/mol. The summed E-state index contributed by atoms with van der Waals surface area (Å²) < 4.78 is 13.2. The molecule has 0 fully saturated rings. The number of hydrogen-bond acceptors (Lipinski definition) is 5. The Hall–Kier alpha value is -2.67. The molecule has 0 unspecified atom stereocenters. The predicted octanol–water partition coefficient (Wildman–Crippen LogP) is 3.41. The van der Waals surface area contributed by atoms with Crippen LogP contribution in [-0.4, -0.2) is 48.0 Å². The first-order valence-corrected chi connectivity index (χ1v) is 11.1. The molecule has 1 aliphatic heterocycles. The van der Waals surface area contributed by atoms with Gasteiger partial charge in [-0.15, -0.1) is 0 Å². The van der Waals surface area contributed by atoms with E-state index in [2.05, 4.69) is 5.32 Å². The van der Waals surface area contributed by atoms with Crippen molar-refractivity contribution in [1.82, 2.24) is 15.1 Å². The Morgan fingerprint density at radius 3 is 2.71 bits per heavy atom. The summed E-state index contributed by atoms with van der Waals surface area (Å²) in [6, 6.07) is 8.99. The number of ether oxygens (including phenoxy) is 2. The average Bonchev–Trinajstić information content (AvgIpc) is 3.08. The summed E-state index contributed by atoms with van der Waals surface area (Å²) in [6.45, 7) is 8.81. The summed E-state index contributed by atoms with van der Waals surface area (Å²) in [5, 5.41) is 7.78. The van der Waals surface area contributed by atoms with E-state index in [-0.39, 0.29) is 23.9 Å². The monoisotopic (exact) mass is 427 g/mol. The van der Waals surface area contributed by atoms with Crippen LogP contribution in [0.4, 0.5) is 0 Å². The highest BCUT2D eigenvalue weighted by atomic mass is 16.5. The van der Waals surface area contributed by atoms with Crippen LogP contribution in [0.2, 0.25) is 0 Å². The molecule has 3 rings (SSSR count). The van der Waals surface area contributed by atoms with Crippen molar-refractivity contribution in [2.75, 3.05) is 26.4 Å². The first kappa shape index (κ1) is 23.0. The smallest absolute Gasteiger partial charge is 0.338 e. The minimum Gasteiger partial charge on any atom is -0.461 e. The number of fused-ring (bicyclic) bond motifs is 1. The van der Waals surface area contributed by atoms with Crippen LogP contribution >= 0.6 is 0 Å². The molecule has 31 heavy (non-hydrogen) atoms. The number of nitrogens with zero attached hydrogens (tertiary/aromatic N) is 2. The number of benzene rings is 1. The lowest BCUT2D eigenvalue weighted by molar-refractivity contribution is 0.0304. The standard InChI is InChI=1S/C24H33N3O4/c1-4-19-21-20(12-8-14-30-15-9-13-25-22(21)28)27(26-19)16-24(2,3)17-31-23(29)18-10-6-5-7-11-18/h5-7,10-11H,4,8-9,12-17H2,1-3H3,(H,25,28). The molecule has 0 radical (unpaired) electrons. The third-order valence-corrected chi connectivity index (χ3v) is 5.33. The van der Waals surface area contributed by atoms with Crippen molar-refractivity contribution < 1.29 is 19.1 Å². The highest BCUT2D eigenvalue weighted by Gasteiger charge is 2.28. The van der Waals surface area contributed by atoms with Crippen molar-refractivity contribution in [1.29, 1.82) is 0 Å². The van der Waals surface area contributed by atoms with Crippen LogP contribution in [0.1, 0.15) is 65.7 Å². The normalized spacial score (nSPS) is 15.5. The minimum absolute atomic E-state index is 0.0617. The number of esters is 1. The number of aryl methyl sites for hydroxylation is 1. The maximum absolute atomic E-state index is 12.9. The maximum Gasteiger partial charge on any atom is 0.338 e. The molecule has 0 saturated heterocycles. The molecule has 7 heteroatoms. The Labute approximate surface area is 184 Å². The number of amides is 1. The van der Waals surface area contributed by atoms with Crippen LogP contribution < -0.4 is 5.32 Å². The third-order valence-electron chi connectivity index (χ3n) is 5.33. The lowest BCUT2D eigenvalue weighted by atomic mass is 9.94. The number of rotatable bonds is 6. The summed E-state index contributed by atoms with van der Waals surface area (Å²) in [5.74, 6) is -0.396. The van der Waals surface area contributed by atoms with Crippen LogP contribution in [-0.2, 0) is 28.9 Å². The highest BCUT2D eigenvalue weighted by Crippen LogP contribution is 2.25. The van der Waals surface area contributed by atoms with Crippen molar-refractivity contribution in [3.63, 3.8) is 0 Å². The molecule has 0 aliphatic carbocycles. The fourth-order valence-corrected chi connectivity index (χ4v) is 3.72. The number of carbonyl (C=O) groups excluding carboxylic acids is 2. The van der Waals surface area contributed by atoms with Gasteiger partial charge in [-0.25, -0.2) is 4.79 Å². The number of hydrogen-bond donors (Lipinski definition) is 1. The summed E-state index contributed by atoms with van der Waals surface area (Å²) >= 11 is 0. The van der Waals surface area contributed by atoms with Gasteiger partial charge in [-0.05, 0) is 37.8 Å². The zero-order chi connectivity index (χ0) is 22.3. The Balaban J connectivity index is 1.77. The van der Waals surface area contributed by atoms with E-state index < -0.39 is 0 Å². The Bertz CT molecular complexity index is 890. The second kappa shape index (κ2) is 10.6. The first-order valence-electron chi connectivity index (χ1n) is 11.1. The topological polar surface area (TPSA) is 82.5 Å². The van der Waals surface area contributed by atoms with E-state index in [1.165, 1.54) is 0 Å². The molecular formula is C24H33N3O4. The van der Waals surface area contributed by atoms with E-state index in [0.29, 0.717) is 43.9 Å². The van der Waals surface area contributed by atoms with Crippen LogP contribution in [0.15, 0.2) is 30.3 Å². The quantitative estimate of drug-likeness (QED) is 0.715. The van der Waals surface area contributed by atoms with E-state index in [4.69, 9.17) is 14.6 Å². The minimum atomic E-state index is -0.353. The molecule has 1 N–H and O–H groups in total. The van der Waals surface area contributed by atoms with Gasteiger partial charge in [0, 0.05) is 31.7 Å². The van der Waals surface area contributed by atoms with Crippen LogP contribution in [0.5, 0.6) is 0 Å². The molecule has 7 nitrogen and oxygen atoms in total. The molecule has 2 heterocycles. The molecule has 1 aliphatic rings. The van der Waals surface area contributed by atoms with Crippen molar-refractivity contribution in [3.8, 4) is 0 Å². The lowest BCUT2D eigenvalue weighted by Gasteiger charge is -2.25. The SMILES string of the molecule is CCc1nn(CC(C)(C)COC(=O)c2ccccc2)c2c1C(=O)NCCCOCCC2. The van der Waals surface area contributed by atoms with Crippen LogP contribution in [0.3, 0.4) is 0 Å². The molecule has 0 bridgehead atoms. The molecule has 0 atom stereocenters. The van der Waals surface area contributed by atoms with Crippen molar-refractivity contribution in [3.05, 3.63) is 52.8 Å². The van der Waals surface area contributed by atoms with Gasteiger partial charge in [0.15, 0.2) is 0 Å². The highest BCUT2D eigenvalue weighted by molar-refractivity contribution is 5.96. The van der Waals surface area contributed by atoms with E-state index in [0.717, 1.165) is 30.7 Å². The number of aromatic nitrogens is 2. The predicted molar refractivity (Wildman–Crippen MR) is 118 cm³/mol. The van der Waals surface area contributed by atoms with Gasteiger partial charge in [0.05, 0.1) is 29.1 Å². The fourth-order valence-electron chi connectivity index (χ4n) is 3.72. The summed E-state index contributed by atoms with van der Waals surface area (Å²) in [6.07, 6.45) is 3.04. The van der Waals surface area contributed by atoms with Crippen molar-refractivity contribution in [2.24, 2.45) is 5.41 Å². The largest absolute Gasteiger partial charge is 0.461 e. The summed E-state index contributed by atoms with van der Waals surface area (Å²) in [5.41, 5.74) is 2.62. The summed E-state index contributed by atoms with van der Waals surface area (Å²) in [7, 11) is 0. The van der Waals surface area contributed by atoms with Crippen LogP contribution in [0, 0.1) is 5.41 Å². The van der Waals surface area contributed by atoms with Crippen LogP contribution in [0.25, 0.3) is 0 Å². The van der Waals surface area contributed by atoms with E-state index in [1.807, 2.05) is 43.7 Å². The van der Waals surface area contributed by atoms with Gasteiger partial charge in [-0.1, -0.05) is 39.0 Å². The molecule has 1 amide bonds. The van der Waals surface area contributed by atoms with Crippen molar-refractivity contribution in [2.45, 2.75) is 53.0 Å². The molecule has 1 aromatic carbocycles. The van der Waals surface area contributed by atoms with Gasteiger partial charge in [0.1, 0.15) is 0 Å². The molecule has 2 aromatic rings. The third kappa shape index (κ3) is 6.17. The molecule has 168 valence electrons. The van der Waals surface area contributed by atoms with Gasteiger partial charge >= 0.3 is 5.97 Å². The zero-order valence-electron chi connectivity index (χ0n) is 18.8. The van der Waals surface area contributed by atoms with Gasteiger partial charge in [-0.3, -0.25) is 9.48 Å². The van der Waals surface area contributed by atoms with E-state index in [1.54, 1.807) is 12.1 Å². The lowest BCUT2D eigenvalue weighted by Crippen LogP contribution is -2.29. The zero-order valence-corrected chi connectivity index (χ0v) is 18.8. The number of nitrogens with one attached hydrogen (secondary N) is 1. The second-order valence-electron chi connectivity index (χ2n) is 8.71. The van der Waals surface area contributed by atoms with Gasteiger partial charge < -0.3 is 14.8 Å². The van der Waals surface area contributed by atoms with Gasteiger partial charge in [-0.2, -0.15) is 5.10 Å². The van der Waals surface area contributed by atoms with E-state index >= 15 is 0 Å². The van der Waals surface area contributed by atoms with E-state index in [9.17, 15) is 9.59 Å². The number of carbonyl (C=O) groups is 2. The maximum atomic E-state index is 12.9. The Morgan fingerprint density at radius 1 is 1.23 bits per heavy atom.